The summed E-state index contributed by atoms with van der Waals surface area (Å²) in [5.74, 6) is 0. The molecule has 1 unspecified atom stereocenters. The van der Waals surface area contributed by atoms with Crippen LogP contribution in [0.25, 0.3) is 0 Å². The van der Waals surface area contributed by atoms with Crippen LogP contribution in [0.15, 0.2) is 12.7 Å². The fourth-order valence-electron chi connectivity index (χ4n) is 0.955. The van der Waals surface area contributed by atoms with E-state index < -0.39 is 0 Å². The Hall–Kier alpha value is -0.340. The van der Waals surface area contributed by atoms with Crippen molar-refractivity contribution in [1.29, 1.82) is 0 Å². The van der Waals surface area contributed by atoms with Crippen molar-refractivity contribution in [2.75, 3.05) is 6.61 Å². The average molecular weight is 127 g/mol. The highest BCUT2D eigenvalue weighted by atomic mass is 16.5. The fourth-order valence-corrected chi connectivity index (χ4v) is 0.955. The number of nitrogens with one attached hydrogen (secondary N) is 1. The van der Waals surface area contributed by atoms with Crippen molar-refractivity contribution >= 4 is 0 Å². The van der Waals surface area contributed by atoms with Crippen molar-refractivity contribution in [3.05, 3.63) is 12.7 Å². The van der Waals surface area contributed by atoms with Crippen LogP contribution in [-0.2, 0) is 4.74 Å². The molecule has 1 N–H and O–H groups in total. The number of ether oxygens (including phenoxy) is 1. The van der Waals surface area contributed by atoms with Crippen LogP contribution < -0.4 is 5.32 Å². The molecule has 0 aromatic carbocycles. The topological polar surface area (TPSA) is 21.3 Å². The van der Waals surface area contributed by atoms with Gasteiger partial charge in [0.2, 0.25) is 0 Å². The molecule has 9 heavy (non-hydrogen) atoms. The SMILES string of the molecule is C=CC1COC(C)(C)N1. The van der Waals surface area contributed by atoms with Gasteiger partial charge < -0.3 is 4.74 Å². The Labute approximate surface area is 55.9 Å². The second-order valence-corrected chi connectivity index (χ2v) is 2.81. The van der Waals surface area contributed by atoms with Crippen molar-refractivity contribution in [3.63, 3.8) is 0 Å². The van der Waals surface area contributed by atoms with Crippen LogP contribution in [0.5, 0.6) is 0 Å². The van der Waals surface area contributed by atoms with Crippen LogP contribution in [-0.4, -0.2) is 18.4 Å². The Balaban J connectivity index is 2.47. The lowest BCUT2D eigenvalue weighted by molar-refractivity contribution is 0.0232. The minimum Gasteiger partial charge on any atom is -0.359 e. The Morgan fingerprint density at radius 1 is 1.78 bits per heavy atom. The van der Waals surface area contributed by atoms with Crippen molar-refractivity contribution < 1.29 is 4.74 Å². The van der Waals surface area contributed by atoms with Crippen LogP contribution in [0.1, 0.15) is 13.8 Å². The van der Waals surface area contributed by atoms with Crippen LogP contribution >= 0.6 is 0 Å². The molecule has 1 fully saturated rings. The summed E-state index contributed by atoms with van der Waals surface area (Å²) in [6, 6.07) is 0.333. The Morgan fingerprint density at radius 2 is 2.44 bits per heavy atom. The molecule has 1 heterocycles. The first-order valence-electron chi connectivity index (χ1n) is 3.18. The molecule has 52 valence electrons. The summed E-state index contributed by atoms with van der Waals surface area (Å²) >= 11 is 0. The van der Waals surface area contributed by atoms with E-state index in [0.717, 1.165) is 6.61 Å². The zero-order valence-corrected chi connectivity index (χ0v) is 5.98. The number of rotatable bonds is 1. The summed E-state index contributed by atoms with van der Waals surface area (Å²) in [6.45, 7) is 8.43. The monoisotopic (exact) mass is 127 g/mol. The molecule has 0 spiro atoms. The maximum atomic E-state index is 5.36. The zero-order valence-electron chi connectivity index (χ0n) is 5.98. The molecule has 2 heteroatoms. The van der Waals surface area contributed by atoms with E-state index in [0.29, 0.717) is 6.04 Å². The van der Waals surface area contributed by atoms with Crippen molar-refractivity contribution in [2.24, 2.45) is 0 Å². The highest BCUT2D eigenvalue weighted by Gasteiger charge is 2.28. The molecule has 0 aliphatic carbocycles. The molecular formula is C7H13NO. The van der Waals surface area contributed by atoms with Gasteiger partial charge in [-0.15, -0.1) is 6.58 Å². The Bertz CT molecular complexity index is 120. The minimum absolute atomic E-state index is 0.154. The number of hydrogen-bond acceptors (Lipinski definition) is 2. The summed E-state index contributed by atoms with van der Waals surface area (Å²) in [4.78, 5) is 0. The smallest absolute Gasteiger partial charge is 0.114 e. The van der Waals surface area contributed by atoms with E-state index in [-0.39, 0.29) is 5.72 Å². The van der Waals surface area contributed by atoms with Gasteiger partial charge in [0.05, 0.1) is 12.6 Å². The second-order valence-electron chi connectivity index (χ2n) is 2.81. The summed E-state index contributed by atoms with van der Waals surface area (Å²) in [5, 5.41) is 3.24. The Kier molecular flexibility index (Phi) is 1.60. The zero-order chi connectivity index (χ0) is 6.91. The predicted octanol–water partition coefficient (Wildman–Crippen LogP) is 0.897. The lowest BCUT2D eigenvalue weighted by Gasteiger charge is -2.16. The molecule has 0 saturated carbocycles. The molecule has 1 atom stereocenters. The first-order valence-corrected chi connectivity index (χ1v) is 3.18. The summed E-state index contributed by atoms with van der Waals surface area (Å²) in [5.41, 5.74) is -0.154. The van der Waals surface area contributed by atoms with E-state index in [1.165, 1.54) is 0 Å². The lowest BCUT2D eigenvalue weighted by Crippen LogP contribution is -2.37. The summed E-state index contributed by atoms with van der Waals surface area (Å²) in [7, 11) is 0. The molecule has 0 amide bonds. The van der Waals surface area contributed by atoms with Crippen LogP contribution in [0, 0.1) is 0 Å². The van der Waals surface area contributed by atoms with Crippen molar-refractivity contribution in [2.45, 2.75) is 25.6 Å². The van der Waals surface area contributed by atoms with Gasteiger partial charge >= 0.3 is 0 Å². The van der Waals surface area contributed by atoms with Gasteiger partial charge in [0.1, 0.15) is 5.72 Å². The van der Waals surface area contributed by atoms with Crippen LogP contribution in [0.2, 0.25) is 0 Å². The van der Waals surface area contributed by atoms with E-state index in [2.05, 4.69) is 11.9 Å². The fraction of sp³-hybridized carbons (Fsp3) is 0.714. The van der Waals surface area contributed by atoms with E-state index in [4.69, 9.17) is 4.74 Å². The predicted molar refractivity (Wildman–Crippen MR) is 37.2 cm³/mol. The van der Waals surface area contributed by atoms with Gasteiger partial charge in [-0.1, -0.05) is 6.08 Å². The summed E-state index contributed by atoms with van der Waals surface area (Å²) in [6.07, 6.45) is 1.87. The molecule has 1 saturated heterocycles. The van der Waals surface area contributed by atoms with Crippen LogP contribution in [0.4, 0.5) is 0 Å². The molecule has 0 radical (unpaired) electrons. The van der Waals surface area contributed by atoms with Crippen molar-refractivity contribution in [3.8, 4) is 0 Å². The van der Waals surface area contributed by atoms with E-state index in [9.17, 15) is 0 Å². The van der Waals surface area contributed by atoms with Gasteiger partial charge in [-0.05, 0) is 13.8 Å². The highest BCUT2D eigenvalue weighted by molar-refractivity contribution is 4.93. The molecule has 1 aliphatic rings. The van der Waals surface area contributed by atoms with E-state index >= 15 is 0 Å². The summed E-state index contributed by atoms with van der Waals surface area (Å²) < 4.78 is 5.36. The highest BCUT2D eigenvalue weighted by Crippen LogP contribution is 2.13. The molecular weight excluding hydrogens is 114 g/mol. The first-order chi connectivity index (χ1) is 4.14. The van der Waals surface area contributed by atoms with Gasteiger partial charge in [0, 0.05) is 0 Å². The Morgan fingerprint density at radius 3 is 2.67 bits per heavy atom. The molecule has 1 aliphatic heterocycles. The average Bonchev–Trinajstić information content (AvgIpc) is 2.10. The first kappa shape index (κ1) is 6.78. The molecule has 2 nitrogen and oxygen atoms in total. The standard InChI is InChI=1S/C7H13NO/c1-4-6-5-9-7(2,3)8-6/h4,6,8H,1,5H2,2-3H3. The van der Waals surface area contributed by atoms with E-state index in [1.807, 2.05) is 19.9 Å². The third-order valence-electron chi connectivity index (χ3n) is 1.44. The maximum absolute atomic E-state index is 5.36. The quantitative estimate of drug-likeness (QED) is 0.528. The van der Waals surface area contributed by atoms with Gasteiger partial charge in [-0.2, -0.15) is 0 Å². The van der Waals surface area contributed by atoms with Gasteiger partial charge in [-0.25, -0.2) is 0 Å². The third-order valence-corrected chi connectivity index (χ3v) is 1.44. The molecule has 1 rings (SSSR count). The number of hydrogen-bond donors (Lipinski definition) is 1. The largest absolute Gasteiger partial charge is 0.359 e. The lowest BCUT2D eigenvalue weighted by atomic mass is 10.3. The van der Waals surface area contributed by atoms with Gasteiger partial charge in [0.15, 0.2) is 0 Å². The third kappa shape index (κ3) is 1.53. The minimum atomic E-state index is -0.154. The second kappa shape index (κ2) is 2.12. The van der Waals surface area contributed by atoms with Crippen LogP contribution in [0.3, 0.4) is 0 Å². The van der Waals surface area contributed by atoms with Gasteiger partial charge in [0.25, 0.3) is 0 Å². The van der Waals surface area contributed by atoms with Crippen molar-refractivity contribution in [1.82, 2.24) is 5.32 Å². The van der Waals surface area contributed by atoms with Gasteiger partial charge in [-0.3, -0.25) is 5.32 Å². The van der Waals surface area contributed by atoms with E-state index in [1.54, 1.807) is 0 Å². The maximum Gasteiger partial charge on any atom is 0.114 e. The normalized spacial score (nSPS) is 32.4. The molecule has 0 bridgehead atoms. The molecule has 0 aromatic rings. The molecule has 0 aromatic heterocycles.